The summed E-state index contributed by atoms with van der Waals surface area (Å²) in [5, 5.41) is 7.40. The van der Waals surface area contributed by atoms with Crippen LogP contribution < -0.4 is 5.32 Å². The van der Waals surface area contributed by atoms with Crippen LogP contribution in [0.5, 0.6) is 0 Å². The second-order valence-corrected chi connectivity index (χ2v) is 5.81. The Labute approximate surface area is 112 Å². The van der Waals surface area contributed by atoms with Crippen LogP contribution in [0.2, 0.25) is 0 Å². The number of carbonyl (C=O) groups is 1. The highest BCUT2D eigenvalue weighted by Crippen LogP contribution is 2.22. The van der Waals surface area contributed by atoms with Crippen LogP contribution in [-0.2, 0) is 0 Å². The fourth-order valence-corrected chi connectivity index (χ4v) is 3.02. The molecule has 0 bridgehead atoms. The molecule has 100 valence electrons. The predicted molar refractivity (Wildman–Crippen MR) is 72.0 cm³/mol. The van der Waals surface area contributed by atoms with E-state index in [2.05, 4.69) is 14.9 Å². The Morgan fingerprint density at radius 2 is 2.33 bits per heavy atom. The van der Waals surface area contributed by atoms with Gasteiger partial charge in [0.2, 0.25) is 0 Å². The molecule has 18 heavy (non-hydrogen) atoms. The van der Waals surface area contributed by atoms with Crippen molar-refractivity contribution in [3.63, 3.8) is 0 Å². The third kappa shape index (κ3) is 2.70. The molecular formula is C12H20N4OS. The zero-order chi connectivity index (χ0) is 13.1. The van der Waals surface area contributed by atoms with Gasteiger partial charge in [-0.15, -0.1) is 5.10 Å². The topological polar surface area (TPSA) is 58.1 Å². The number of aromatic nitrogens is 2. The van der Waals surface area contributed by atoms with E-state index in [0.717, 1.165) is 31.6 Å². The van der Waals surface area contributed by atoms with E-state index in [1.807, 2.05) is 25.8 Å². The fraction of sp³-hybridized carbons (Fsp3) is 0.750. The van der Waals surface area contributed by atoms with E-state index in [4.69, 9.17) is 0 Å². The minimum absolute atomic E-state index is 0.0578. The molecule has 0 aliphatic carbocycles. The summed E-state index contributed by atoms with van der Waals surface area (Å²) in [7, 11) is 1.88. The van der Waals surface area contributed by atoms with E-state index < -0.39 is 0 Å². The van der Waals surface area contributed by atoms with Crippen LogP contribution in [0.3, 0.4) is 0 Å². The maximum atomic E-state index is 12.5. The van der Waals surface area contributed by atoms with Gasteiger partial charge in [-0.1, -0.05) is 18.3 Å². The Kier molecular flexibility index (Phi) is 4.29. The number of piperidine rings is 1. The quantitative estimate of drug-likeness (QED) is 0.902. The van der Waals surface area contributed by atoms with Gasteiger partial charge in [0, 0.05) is 19.6 Å². The van der Waals surface area contributed by atoms with Crippen molar-refractivity contribution in [2.24, 2.45) is 0 Å². The molecule has 0 spiro atoms. The normalized spacial score (nSPS) is 20.1. The summed E-state index contributed by atoms with van der Waals surface area (Å²) in [4.78, 5) is 15.0. The number of hydrogen-bond acceptors (Lipinski definition) is 5. The summed E-state index contributed by atoms with van der Waals surface area (Å²) in [5.74, 6) is 0.294. The zero-order valence-corrected chi connectivity index (χ0v) is 12.0. The molecule has 1 fully saturated rings. The number of rotatable bonds is 3. The maximum absolute atomic E-state index is 12.5. The Bertz CT molecular complexity index is 412. The summed E-state index contributed by atoms with van der Waals surface area (Å²) in [6.45, 7) is 6.01. The molecule has 1 aliphatic heterocycles. The van der Waals surface area contributed by atoms with E-state index in [0.29, 0.717) is 4.88 Å². The second kappa shape index (κ2) is 5.75. The summed E-state index contributed by atoms with van der Waals surface area (Å²) >= 11 is 1.21. The SMILES string of the molecule is CC(C)c1nnsc1C(=O)N(C)C1CCCNC1. The first-order valence-corrected chi connectivity index (χ1v) is 7.18. The van der Waals surface area contributed by atoms with Crippen molar-refractivity contribution < 1.29 is 4.79 Å². The van der Waals surface area contributed by atoms with Crippen molar-refractivity contribution in [3.05, 3.63) is 10.6 Å². The van der Waals surface area contributed by atoms with Crippen LogP contribution in [0.25, 0.3) is 0 Å². The Morgan fingerprint density at radius 1 is 1.56 bits per heavy atom. The lowest BCUT2D eigenvalue weighted by Gasteiger charge is -2.31. The Balaban J connectivity index is 2.12. The standard InChI is InChI=1S/C12H20N4OS/c1-8(2)10-11(18-15-14-10)12(17)16(3)9-5-4-6-13-7-9/h8-9,13H,4-7H2,1-3H3. The second-order valence-electron chi connectivity index (χ2n) is 5.06. The molecule has 6 heteroatoms. The number of nitrogens with zero attached hydrogens (tertiary/aromatic N) is 3. The molecule has 0 aromatic carbocycles. The van der Waals surface area contributed by atoms with Gasteiger partial charge in [-0.25, -0.2) is 0 Å². The Morgan fingerprint density at radius 3 is 2.94 bits per heavy atom. The highest BCUT2D eigenvalue weighted by atomic mass is 32.1. The number of carbonyl (C=O) groups excluding carboxylic acids is 1. The zero-order valence-electron chi connectivity index (χ0n) is 11.1. The Hall–Kier alpha value is -1.01. The molecule has 1 saturated heterocycles. The maximum Gasteiger partial charge on any atom is 0.267 e. The molecule has 0 saturated carbocycles. The molecule has 2 heterocycles. The van der Waals surface area contributed by atoms with Crippen LogP contribution in [0.15, 0.2) is 0 Å². The molecule has 1 atom stereocenters. The van der Waals surface area contributed by atoms with E-state index in [9.17, 15) is 4.79 Å². The molecule has 1 amide bonds. The summed E-state index contributed by atoms with van der Waals surface area (Å²) in [5.41, 5.74) is 0.820. The van der Waals surface area contributed by atoms with Crippen LogP contribution in [0.4, 0.5) is 0 Å². The van der Waals surface area contributed by atoms with Crippen LogP contribution in [-0.4, -0.2) is 46.6 Å². The third-order valence-electron chi connectivity index (χ3n) is 3.39. The summed E-state index contributed by atoms with van der Waals surface area (Å²) in [6, 6.07) is 0.286. The first-order valence-electron chi connectivity index (χ1n) is 6.41. The minimum atomic E-state index is 0.0578. The van der Waals surface area contributed by atoms with Crippen LogP contribution in [0, 0.1) is 0 Å². The highest BCUT2D eigenvalue weighted by Gasteiger charge is 2.27. The first kappa shape index (κ1) is 13.4. The van der Waals surface area contributed by atoms with Crippen molar-refractivity contribution in [1.29, 1.82) is 0 Å². The molecule has 1 aliphatic rings. The highest BCUT2D eigenvalue weighted by molar-refractivity contribution is 7.08. The molecule has 0 radical (unpaired) electrons. The summed E-state index contributed by atoms with van der Waals surface area (Å²) < 4.78 is 3.92. The largest absolute Gasteiger partial charge is 0.337 e. The number of amides is 1. The molecule has 2 rings (SSSR count). The van der Waals surface area contributed by atoms with Crippen molar-refractivity contribution >= 4 is 17.4 Å². The van der Waals surface area contributed by atoms with E-state index in [-0.39, 0.29) is 17.9 Å². The van der Waals surface area contributed by atoms with Crippen molar-refractivity contribution in [2.45, 2.75) is 38.6 Å². The van der Waals surface area contributed by atoms with Crippen molar-refractivity contribution in [1.82, 2.24) is 19.8 Å². The van der Waals surface area contributed by atoms with Gasteiger partial charge >= 0.3 is 0 Å². The summed E-state index contributed by atoms with van der Waals surface area (Å²) in [6.07, 6.45) is 2.19. The predicted octanol–water partition coefficient (Wildman–Crippen LogP) is 1.49. The van der Waals surface area contributed by atoms with Gasteiger partial charge < -0.3 is 10.2 Å². The number of hydrogen-bond donors (Lipinski definition) is 1. The van der Waals surface area contributed by atoms with Crippen LogP contribution >= 0.6 is 11.5 Å². The molecule has 1 unspecified atom stereocenters. The molecule has 1 aromatic heterocycles. The molecule has 5 nitrogen and oxygen atoms in total. The average Bonchev–Trinajstić information content (AvgIpc) is 2.87. The van der Waals surface area contributed by atoms with Gasteiger partial charge in [0.1, 0.15) is 4.88 Å². The average molecular weight is 268 g/mol. The van der Waals surface area contributed by atoms with Gasteiger partial charge in [0.25, 0.3) is 5.91 Å². The molecule has 1 aromatic rings. The van der Waals surface area contributed by atoms with Crippen LogP contribution in [0.1, 0.15) is 48.0 Å². The first-order chi connectivity index (χ1) is 8.61. The van der Waals surface area contributed by atoms with Gasteiger partial charge in [-0.05, 0) is 36.8 Å². The van der Waals surface area contributed by atoms with Crippen molar-refractivity contribution in [3.8, 4) is 0 Å². The van der Waals surface area contributed by atoms with Gasteiger partial charge in [0.15, 0.2) is 0 Å². The van der Waals surface area contributed by atoms with Gasteiger partial charge in [-0.2, -0.15) is 0 Å². The lowest BCUT2D eigenvalue weighted by atomic mass is 10.1. The van der Waals surface area contributed by atoms with Crippen molar-refractivity contribution in [2.75, 3.05) is 20.1 Å². The smallest absolute Gasteiger partial charge is 0.267 e. The number of nitrogens with one attached hydrogen (secondary N) is 1. The van der Waals surface area contributed by atoms with E-state index in [1.165, 1.54) is 11.5 Å². The lowest BCUT2D eigenvalue weighted by molar-refractivity contribution is 0.0711. The van der Waals surface area contributed by atoms with E-state index in [1.54, 1.807) is 0 Å². The van der Waals surface area contributed by atoms with Gasteiger partial charge in [0.05, 0.1) is 5.69 Å². The molecular weight excluding hydrogens is 248 g/mol. The lowest BCUT2D eigenvalue weighted by Crippen LogP contribution is -2.46. The minimum Gasteiger partial charge on any atom is -0.337 e. The van der Waals surface area contributed by atoms with E-state index >= 15 is 0 Å². The van der Waals surface area contributed by atoms with Gasteiger partial charge in [-0.3, -0.25) is 4.79 Å². The fourth-order valence-electron chi connectivity index (χ4n) is 2.21. The molecule has 1 N–H and O–H groups in total. The number of likely N-dealkylation sites (N-methyl/N-ethyl adjacent to an activating group) is 1. The third-order valence-corrected chi connectivity index (χ3v) is 4.12. The monoisotopic (exact) mass is 268 g/mol.